The van der Waals surface area contributed by atoms with E-state index in [0.29, 0.717) is 22.8 Å². The van der Waals surface area contributed by atoms with Gasteiger partial charge in [0.1, 0.15) is 0 Å². The number of hydrogen-bond acceptors (Lipinski definition) is 3. The van der Waals surface area contributed by atoms with E-state index < -0.39 is 0 Å². The van der Waals surface area contributed by atoms with Crippen LogP contribution >= 0.6 is 15.9 Å². The van der Waals surface area contributed by atoms with Crippen LogP contribution in [0.5, 0.6) is 0 Å². The molecular weight excluding hydrogens is 318 g/mol. The summed E-state index contributed by atoms with van der Waals surface area (Å²) in [6.07, 6.45) is 8.71. The summed E-state index contributed by atoms with van der Waals surface area (Å²) in [5.74, 6) is 1.43. The number of rotatable bonds is 2. The van der Waals surface area contributed by atoms with Gasteiger partial charge in [-0.25, -0.2) is 0 Å². The molecule has 3 rings (SSSR count). The highest BCUT2D eigenvalue weighted by molar-refractivity contribution is 9.09. The number of carbonyl (C=O) groups is 1. The van der Waals surface area contributed by atoms with E-state index in [1.807, 2.05) is 0 Å². The maximum atomic E-state index is 12.4. The SMILES string of the molecule is COC(=O)C1C2CC[C@H](C[C@@H]1C1CCC(Br)CC1)N2C. The molecule has 1 aliphatic carbocycles. The molecule has 3 aliphatic rings. The third-order valence-electron chi connectivity index (χ3n) is 6.10. The van der Waals surface area contributed by atoms with E-state index in [9.17, 15) is 4.79 Å². The molecule has 1 saturated carbocycles. The summed E-state index contributed by atoms with van der Waals surface area (Å²) in [6, 6.07) is 1.13. The van der Waals surface area contributed by atoms with Crippen LogP contribution in [0, 0.1) is 17.8 Å². The molecule has 114 valence electrons. The molecule has 2 saturated heterocycles. The first-order valence-corrected chi connectivity index (χ1v) is 8.97. The monoisotopic (exact) mass is 343 g/mol. The number of ether oxygens (including phenoxy) is 1. The zero-order chi connectivity index (χ0) is 14.3. The molecule has 0 aromatic heterocycles. The van der Waals surface area contributed by atoms with Gasteiger partial charge in [-0.15, -0.1) is 0 Å². The van der Waals surface area contributed by atoms with Crippen molar-refractivity contribution in [2.75, 3.05) is 14.2 Å². The summed E-state index contributed by atoms with van der Waals surface area (Å²) in [5, 5.41) is 0. The molecule has 4 atom stereocenters. The first-order chi connectivity index (χ1) is 9.61. The fourth-order valence-electron chi connectivity index (χ4n) is 4.96. The zero-order valence-corrected chi connectivity index (χ0v) is 14.1. The van der Waals surface area contributed by atoms with E-state index in [0.717, 1.165) is 5.92 Å². The van der Waals surface area contributed by atoms with E-state index in [1.54, 1.807) is 7.11 Å². The van der Waals surface area contributed by atoms with Crippen LogP contribution in [0.2, 0.25) is 0 Å². The van der Waals surface area contributed by atoms with Crippen molar-refractivity contribution in [3.8, 4) is 0 Å². The van der Waals surface area contributed by atoms with Gasteiger partial charge >= 0.3 is 5.97 Å². The lowest BCUT2D eigenvalue weighted by molar-refractivity contribution is -0.154. The summed E-state index contributed by atoms with van der Waals surface area (Å²) in [4.78, 5) is 15.5. The molecule has 0 spiro atoms. The van der Waals surface area contributed by atoms with E-state index in [4.69, 9.17) is 4.74 Å². The molecule has 0 amide bonds. The van der Waals surface area contributed by atoms with Crippen LogP contribution in [0.25, 0.3) is 0 Å². The van der Waals surface area contributed by atoms with Gasteiger partial charge in [-0.05, 0) is 63.8 Å². The van der Waals surface area contributed by atoms with Crippen molar-refractivity contribution in [3.63, 3.8) is 0 Å². The lowest BCUT2D eigenvalue weighted by Gasteiger charge is -2.45. The number of carbonyl (C=O) groups excluding carboxylic acids is 1. The predicted molar refractivity (Wildman–Crippen MR) is 82.9 cm³/mol. The van der Waals surface area contributed by atoms with Crippen LogP contribution in [0.1, 0.15) is 44.9 Å². The molecule has 3 fully saturated rings. The van der Waals surface area contributed by atoms with Gasteiger partial charge in [0.05, 0.1) is 13.0 Å². The molecule has 2 aliphatic heterocycles. The van der Waals surface area contributed by atoms with Gasteiger partial charge in [-0.2, -0.15) is 0 Å². The molecule has 4 heteroatoms. The van der Waals surface area contributed by atoms with Gasteiger partial charge in [0, 0.05) is 16.9 Å². The summed E-state index contributed by atoms with van der Waals surface area (Å²) in [5.41, 5.74) is 0. The average Bonchev–Trinajstić information content (AvgIpc) is 2.70. The molecule has 2 unspecified atom stereocenters. The average molecular weight is 344 g/mol. The van der Waals surface area contributed by atoms with Gasteiger partial charge in [0.25, 0.3) is 0 Å². The second-order valence-electron chi connectivity index (χ2n) is 6.92. The number of halogens is 1. The minimum absolute atomic E-state index is 0.0353. The molecular formula is C16H26BrNO2. The minimum Gasteiger partial charge on any atom is -0.469 e. The van der Waals surface area contributed by atoms with Gasteiger partial charge in [0.2, 0.25) is 0 Å². The topological polar surface area (TPSA) is 29.5 Å². The van der Waals surface area contributed by atoms with Gasteiger partial charge in [-0.3, -0.25) is 9.69 Å². The third kappa shape index (κ3) is 2.54. The van der Waals surface area contributed by atoms with Crippen molar-refractivity contribution in [2.45, 2.75) is 61.9 Å². The van der Waals surface area contributed by atoms with Crippen LogP contribution < -0.4 is 0 Å². The summed E-state index contributed by atoms with van der Waals surface area (Å²) < 4.78 is 5.16. The van der Waals surface area contributed by atoms with Crippen molar-refractivity contribution >= 4 is 21.9 Å². The zero-order valence-electron chi connectivity index (χ0n) is 12.6. The lowest BCUT2D eigenvalue weighted by atomic mass is 9.68. The first-order valence-electron chi connectivity index (χ1n) is 8.05. The Bertz CT molecular complexity index is 367. The molecule has 0 aromatic rings. The number of piperidine rings is 1. The Morgan fingerprint density at radius 2 is 1.85 bits per heavy atom. The smallest absolute Gasteiger partial charge is 0.310 e. The third-order valence-corrected chi connectivity index (χ3v) is 7.01. The molecule has 20 heavy (non-hydrogen) atoms. The molecule has 3 nitrogen and oxygen atoms in total. The molecule has 0 N–H and O–H groups in total. The highest BCUT2D eigenvalue weighted by atomic mass is 79.9. The number of esters is 1. The maximum absolute atomic E-state index is 12.4. The Morgan fingerprint density at radius 1 is 1.15 bits per heavy atom. The highest BCUT2D eigenvalue weighted by Gasteiger charge is 2.51. The number of hydrogen-bond donors (Lipinski definition) is 0. The van der Waals surface area contributed by atoms with Crippen LogP contribution in [0.4, 0.5) is 0 Å². The Balaban J connectivity index is 1.79. The number of fused-ring (bicyclic) bond motifs is 2. The van der Waals surface area contributed by atoms with E-state index in [1.165, 1.54) is 44.9 Å². The Hall–Kier alpha value is -0.0900. The van der Waals surface area contributed by atoms with Crippen LogP contribution in [0.15, 0.2) is 0 Å². The van der Waals surface area contributed by atoms with Gasteiger partial charge in [0.15, 0.2) is 0 Å². The van der Waals surface area contributed by atoms with Gasteiger partial charge in [-0.1, -0.05) is 15.9 Å². The van der Waals surface area contributed by atoms with Crippen LogP contribution in [0.3, 0.4) is 0 Å². The predicted octanol–water partition coefficient (Wildman–Crippen LogP) is 3.21. The Labute approximate surface area is 130 Å². The summed E-state index contributed by atoms with van der Waals surface area (Å²) >= 11 is 3.74. The number of alkyl halides is 1. The maximum Gasteiger partial charge on any atom is 0.310 e. The minimum atomic E-state index is 0.0353. The van der Waals surface area contributed by atoms with Crippen LogP contribution in [-0.2, 0) is 9.53 Å². The summed E-state index contributed by atoms with van der Waals surface area (Å²) in [6.45, 7) is 0. The lowest BCUT2D eigenvalue weighted by Crippen LogP contribution is -2.52. The first kappa shape index (κ1) is 14.8. The molecule has 0 radical (unpaired) electrons. The normalized spacial score (nSPS) is 45.4. The molecule has 2 heterocycles. The fourth-order valence-corrected chi connectivity index (χ4v) is 5.49. The largest absolute Gasteiger partial charge is 0.469 e. The van der Waals surface area contributed by atoms with Crippen LogP contribution in [-0.4, -0.2) is 41.9 Å². The van der Waals surface area contributed by atoms with E-state index in [2.05, 4.69) is 27.9 Å². The van der Waals surface area contributed by atoms with E-state index in [-0.39, 0.29) is 11.9 Å². The van der Waals surface area contributed by atoms with Crippen molar-refractivity contribution in [1.82, 2.24) is 4.90 Å². The Kier molecular flexibility index (Phi) is 4.42. The molecule has 2 bridgehead atoms. The quantitative estimate of drug-likeness (QED) is 0.569. The van der Waals surface area contributed by atoms with Crippen molar-refractivity contribution < 1.29 is 9.53 Å². The second-order valence-corrected chi connectivity index (χ2v) is 8.22. The van der Waals surface area contributed by atoms with Gasteiger partial charge < -0.3 is 4.74 Å². The fraction of sp³-hybridized carbons (Fsp3) is 0.938. The van der Waals surface area contributed by atoms with Crippen molar-refractivity contribution in [3.05, 3.63) is 0 Å². The number of methoxy groups -OCH3 is 1. The second kappa shape index (κ2) is 5.96. The number of nitrogens with zero attached hydrogens (tertiary/aromatic N) is 1. The standard InChI is InChI=1S/C16H26BrNO2/c1-18-12-7-8-14(18)15(16(19)20-2)13(9-12)10-3-5-11(17)6-4-10/h10-15H,3-9H2,1-2H3/t10?,11?,12-,13-,14?,15?/m1/s1. The highest BCUT2D eigenvalue weighted by Crippen LogP contribution is 2.48. The summed E-state index contributed by atoms with van der Waals surface area (Å²) in [7, 11) is 3.75. The Morgan fingerprint density at radius 3 is 2.50 bits per heavy atom. The van der Waals surface area contributed by atoms with E-state index >= 15 is 0 Å². The van der Waals surface area contributed by atoms with Crippen molar-refractivity contribution in [1.29, 1.82) is 0 Å². The molecule has 0 aromatic carbocycles. The van der Waals surface area contributed by atoms with Crippen molar-refractivity contribution in [2.24, 2.45) is 17.8 Å².